The molecule has 0 spiro atoms. The molecule has 0 bridgehead atoms. The largest absolute Gasteiger partial charge is 0.489 e. The molecule has 27 heavy (non-hydrogen) atoms. The van der Waals surface area contributed by atoms with E-state index in [1.54, 1.807) is 36.4 Å². The summed E-state index contributed by atoms with van der Waals surface area (Å²) >= 11 is 0. The van der Waals surface area contributed by atoms with Crippen LogP contribution in [0.4, 0.5) is 5.69 Å². The minimum Gasteiger partial charge on any atom is -0.489 e. The number of anilines is 1. The van der Waals surface area contributed by atoms with E-state index < -0.39 is 10.0 Å². The first-order valence-electron chi connectivity index (χ1n) is 8.76. The topological polar surface area (TPSA) is 75.7 Å². The summed E-state index contributed by atoms with van der Waals surface area (Å²) in [6, 6.07) is 14.2. The molecular weight excluding hydrogens is 364 g/mol. The van der Waals surface area contributed by atoms with Crippen LogP contribution in [0.25, 0.3) is 0 Å². The Balaban J connectivity index is 2.12. The molecule has 0 unspecified atom stereocenters. The summed E-state index contributed by atoms with van der Waals surface area (Å²) in [5, 5.41) is 2.77. The lowest BCUT2D eigenvalue weighted by molar-refractivity contribution is 0.0955. The van der Waals surface area contributed by atoms with Crippen molar-refractivity contribution in [1.82, 2.24) is 5.32 Å². The molecule has 0 aliphatic heterocycles. The van der Waals surface area contributed by atoms with Crippen LogP contribution in [0.2, 0.25) is 0 Å². The number of amides is 1. The highest BCUT2D eigenvalue weighted by atomic mass is 32.2. The summed E-state index contributed by atoms with van der Waals surface area (Å²) in [6.45, 7) is 5.99. The molecule has 0 fully saturated rings. The fourth-order valence-electron chi connectivity index (χ4n) is 2.56. The third-order valence-electron chi connectivity index (χ3n) is 3.81. The number of hydrogen-bond acceptors (Lipinski definition) is 4. The molecule has 1 amide bonds. The Labute approximate surface area is 161 Å². The quantitative estimate of drug-likeness (QED) is 0.752. The second-order valence-corrected chi connectivity index (χ2v) is 8.50. The maximum atomic E-state index is 12.3. The summed E-state index contributed by atoms with van der Waals surface area (Å²) in [5.41, 5.74) is 2.06. The predicted molar refractivity (Wildman–Crippen MR) is 108 cm³/mol. The van der Waals surface area contributed by atoms with Crippen LogP contribution in [0.3, 0.4) is 0 Å². The molecular formula is C20H26N2O4S. The minimum atomic E-state index is -3.54. The Morgan fingerprint density at radius 2 is 1.74 bits per heavy atom. The fraction of sp³-hybridized carbons (Fsp3) is 0.350. The zero-order valence-corrected chi connectivity index (χ0v) is 16.9. The van der Waals surface area contributed by atoms with Gasteiger partial charge in [-0.25, -0.2) is 8.42 Å². The van der Waals surface area contributed by atoms with E-state index in [9.17, 15) is 13.2 Å². The van der Waals surface area contributed by atoms with Gasteiger partial charge in [0.1, 0.15) is 5.75 Å². The highest BCUT2D eigenvalue weighted by Crippen LogP contribution is 2.30. The van der Waals surface area contributed by atoms with E-state index in [2.05, 4.69) is 5.32 Å². The molecule has 2 rings (SSSR count). The van der Waals surface area contributed by atoms with E-state index in [0.717, 1.165) is 11.8 Å². The molecule has 0 heterocycles. The molecule has 0 saturated heterocycles. The van der Waals surface area contributed by atoms with Gasteiger partial charge in [0.2, 0.25) is 10.0 Å². The molecule has 146 valence electrons. The first-order chi connectivity index (χ1) is 12.7. The molecule has 0 aliphatic carbocycles. The Hall–Kier alpha value is -2.54. The van der Waals surface area contributed by atoms with Crippen LogP contribution in [0.1, 0.15) is 29.8 Å². The normalized spacial score (nSPS) is 11.3. The van der Waals surface area contributed by atoms with Gasteiger partial charge >= 0.3 is 0 Å². The second-order valence-electron chi connectivity index (χ2n) is 6.59. The van der Waals surface area contributed by atoms with Gasteiger partial charge in [-0.2, -0.15) is 0 Å². The number of carbonyl (C=O) groups excluding carboxylic acids is 1. The van der Waals surface area contributed by atoms with Gasteiger partial charge < -0.3 is 10.1 Å². The number of hydrogen-bond donors (Lipinski definition) is 1. The van der Waals surface area contributed by atoms with Gasteiger partial charge in [-0.1, -0.05) is 29.8 Å². The summed E-state index contributed by atoms with van der Waals surface area (Å²) in [4.78, 5) is 12.2. The number of para-hydroxylation sites is 2. The molecule has 2 aromatic rings. The fourth-order valence-corrected chi connectivity index (χ4v) is 3.49. The molecule has 0 aliphatic rings. The smallest absolute Gasteiger partial charge is 0.251 e. The third-order valence-corrected chi connectivity index (χ3v) is 4.99. The lowest BCUT2D eigenvalue weighted by atomic mass is 10.1. The van der Waals surface area contributed by atoms with Crippen LogP contribution in [0.15, 0.2) is 48.5 Å². The summed E-state index contributed by atoms with van der Waals surface area (Å²) in [7, 11) is -3.54. The molecule has 7 heteroatoms. The van der Waals surface area contributed by atoms with Crippen molar-refractivity contribution in [3.8, 4) is 5.75 Å². The van der Waals surface area contributed by atoms with Crippen molar-refractivity contribution in [2.45, 2.75) is 26.9 Å². The Kier molecular flexibility index (Phi) is 6.85. The van der Waals surface area contributed by atoms with Crippen LogP contribution >= 0.6 is 0 Å². The van der Waals surface area contributed by atoms with Gasteiger partial charge in [-0.15, -0.1) is 0 Å². The van der Waals surface area contributed by atoms with Crippen molar-refractivity contribution in [2.75, 3.05) is 23.7 Å². The van der Waals surface area contributed by atoms with E-state index >= 15 is 0 Å². The number of nitrogens with zero attached hydrogens (tertiary/aromatic N) is 1. The van der Waals surface area contributed by atoms with Crippen molar-refractivity contribution in [3.63, 3.8) is 0 Å². The molecule has 0 atom stereocenters. The average molecular weight is 391 g/mol. The highest BCUT2D eigenvalue weighted by Gasteiger charge is 2.21. The van der Waals surface area contributed by atoms with Crippen LogP contribution in [0.5, 0.6) is 5.75 Å². The Bertz CT molecular complexity index is 877. The van der Waals surface area contributed by atoms with Crippen LogP contribution < -0.4 is 14.4 Å². The lowest BCUT2D eigenvalue weighted by Gasteiger charge is -2.25. The molecule has 0 saturated carbocycles. The third kappa shape index (κ3) is 5.99. The zero-order chi connectivity index (χ0) is 20.0. The van der Waals surface area contributed by atoms with E-state index in [4.69, 9.17) is 4.74 Å². The Morgan fingerprint density at radius 3 is 2.33 bits per heavy atom. The predicted octanol–water partition coefficient (Wildman–Crippen LogP) is 2.98. The summed E-state index contributed by atoms with van der Waals surface area (Å²) in [6.07, 6.45) is 1.05. The number of sulfonamides is 1. The van der Waals surface area contributed by atoms with Gasteiger partial charge in [0.05, 0.1) is 24.6 Å². The van der Waals surface area contributed by atoms with E-state index in [-0.39, 0.29) is 25.1 Å². The SMILES string of the molecule is Cc1ccc(C(=O)NCCN(c2ccccc2OC(C)C)S(C)(=O)=O)cc1. The van der Waals surface area contributed by atoms with Crippen molar-refractivity contribution in [2.24, 2.45) is 0 Å². The molecule has 1 N–H and O–H groups in total. The van der Waals surface area contributed by atoms with Crippen LogP contribution in [-0.2, 0) is 10.0 Å². The molecule has 0 aromatic heterocycles. The maximum absolute atomic E-state index is 12.3. The number of benzene rings is 2. The lowest BCUT2D eigenvalue weighted by Crippen LogP contribution is -2.38. The summed E-state index contributed by atoms with van der Waals surface area (Å²) < 4.78 is 31.6. The zero-order valence-electron chi connectivity index (χ0n) is 16.1. The first-order valence-corrected chi connectivity index (χ1v) is 10.6. The molecule has 2 aromatic carbocycles. The summed E-state index contributed by atoms with van der Waals surface area (Å²) in [5.74, 6) is 0.248. The van der Waals surface area contributed by atoms with Gasteiger partial charge in [0.15, 0.2) is 0 Å². The van der Waals surface area contributed by atoms with Crippen molar-refractivity contribution >= 4 is 21.6 Å². The molecule has 0 radical (unpaired) electrons. The number of carbonyl (C=O) groups is 1. The van der Waals surface area contributed by atoms with E-state index in [1.807, 2.05) is 32.9 Å². The maximum Gasteiger partial charge on any atom is 0.251 e. The van der Waals surface area contributed by atoms with Crippen molar-refractivity contribution < 1.29 is 17.9 Å². The van der Waals surface area contributed by atoms with E-state index in [1.165, 1.54) is 4.31 Å². The van der Waals surface area contributed by atoms with Gasteiger partial charge in [-0.3, -0.25) is 9.10 Å². The van der Waals surface area contributed by atoms with Crippen LogP contribution in [0, 0.1) is 6.92 Å². The number of ether oxygens (including phenoxy) is 1. The van der Waals surface area contributed by atoms with Gasteiger partial charge in [0, 0.05) is 12.1 Å². The van der Waals surface area contributed by atoms with Gasteiger partial charge in [0.25, 0.3) is 5.91 Å². The number of aryl methyl sites for hydroxylation is 1. The minimum absolute atomic E-state index is 0.0891. The van der Waals surface area contributed by atoms with E-state index in [0.29, 0.717) is 17.0 Å². The highest BCUT2D eigenvalue weighted by molar-refractivity contribution is 7.92. The number of nitrogens with one attached hydrogen (secondary N) is 1. The Morgan fingerprint density at radius 1 is 1.11 bits per heavy atom. The average Bonchev–Trinajstić information content (AvgIpc) is 2.58. The second kappa shape index (κ2) is 8.90. The van der Waals surface area contributed by atoms with Crippen molar-refractivity contribution in [1.29, 1.82) is 0 Å². The number of rotatable bonds is 8. The van der Waals surface area contributed by atoms with Crippen molar-refractivity contribution in [3.05, 3.63) is 59.7 Å². The van der Waals surface area contributed by atoms with Gasteiger partial charge in [-0.05, 0) is 45.0 Å². The monoisotopic (exact) mass is 390 g/mol. The van der Waals surface area contributed by atoms with Crippen LogP contribution in [-0.4, -0.2) is 39.8 Å². The first kappa shape index (κ1) is 20.8. The molecule has 6 nitrogen and oxygen atoms in total. The standard InChI is InChI=1S/C20H26N2O4S/c1-15(2)26-19-8-6-5-7-18(19)22(27(4,24)25)14-13-21-20(23)17-11-9-16(3)10-12-17/h5-12,15H,13-14H2,1-4H3,(H,21,23).